The van der Waals surface area contributed by atoms with Gasteiger partial charge >= 0.3 is 0 Å². The number of aromatic nitrogens is 3. The van der Waals surface area contributed by atoms with E-state index in [2.05, 4.69) is 15.3 Å². The van der Waals surface area contributed by atoms with Gasteiger partial charge < -0.3 is 10.1 Å². The van der Waals surface area contributed by atoms with Crippen LogP contribution in [0, 0.1) is 6.92 Å². The molecule has 134 valence electrons. The Bertz CT molecular complexity index is 1120. The van der Waals surface area contributed by atoms with Gasteiger partial charge in [-0.2, -0.15) is 0 Å². The minimum absolute atomic E-state index is 0.590. The van der Waals surface area contributed by atoms with Crippen molar-refractivity contribution in [2.45, 2.75) is 6.92 Å². The predicted molar refractivity (Wildman–Crippen MR) is 109 cm³/mol. The molecule has 6 heteroatoms. The molecule has 0 saturated heterocycles. The maximum atomic E-state index is 6.22. The van der Waals surface area contributed by atoms with Gasteiger partial charge in [-0.3, -0.25) is 4.98 Å². The van der Waals surface area contributed by atoms with Gasteiger partial charge in [0.05, 0.1) is 18.3 Å². The van der Waals surface area contributed by atoms with Crippen molar-refractivity contribution in [2.75, 3.05) is 12.4 Å². The summed E-state index contributed by atoms with van der Waals surface area (Å²) in [5, 5.41) is 4.85. The van der Waals surface area contributed by atoms with E-state index in [1.54, 1.807) is 19.5 Å². The number of nitrogens with zero attached hydrogens (tertiary/aromatic N) is 3. The molecule has 2 aromatic carbocycles. The van der Waals surface area contributed by atoms with E-state index in [1.165, 1.54) is 0 Å². The largest absolute Gasteiger partial charge is 0.495 e. The van der Waals surface area contributed by atoms with Crippen LogP contribution in [0.2, 0.25) is 5.02 Å². The highest BCUT2D eigenvalue weighted by molar-refractivity contribution is 6.31. The Labute approximate surface area is 162 Å². The number of ether oxygens (including phenoxy) is 1. The highest BCUT2D eigenvalue weighted by atomic mass is 35.5. The molecule has 5 nitrogen and oxygen atoms in total. The molecule has 0 aliphatic heterocycles. The van der Waals surface area contributed by atoms with Crippen LogP contribution in [0.15, 0.2) is 60.9 Å². The second-order valence-electron chi connectivity index (χ2n) is 6.13. The lowest BCUT2D eigenvalue weighted by molar-refractivity contribution is 0.416. The first kappa shape index (κ1) is 17.2. The summed E-state index contributed by atoms with van der Waals surface area (Å²) in [6.45, 7) is 2.03. The van der Waals surface area contributed by atoms with Crippen molar-refractivity contribution in [3.8, 4) is 17.1 Å². The van der Waals surface area contributed by atoms with Gasteiger partial charge in [-0.15, -0.1) is 0 Å². The summed E-state index contributed by atoms with van der Waals surface area (Å²) < 4.78 is 5.48. The number of nitrogens with one attached hydrogen (secondary N) is 1. The molecule has 0 aliphatic carbocycles. The smallest absolute Gasteiger partial charge is 0.163 e. The Morgan fingerprint density at radius 2 is 1.93 bits per heavy atom. The monoisotopic (exact) mass is 376 g/mol. The summed E-state index contributed by atoms with van der Waals surface area (Å²) in [6, 6.07) is 15.3. The van der Waals surface area contributed by atoms with Crippen LogP contribution in [0.3, 0.4) is 0 Å². The standard InChI is InChI=1S/C21H17ClN4O/c1-13-5-8-19(27-2)18(10-13)25-21-16-11-15(22)6-7-17(16)24-20(26-21)14-4-3-9-23-12-14/h3-12H,1-2H3,(H,24,25,26). The molecule has 0 unspecified atom stereocenters. The highest BCUT2D eigenvalue weighted by Crippen LogP contribution is 2.33. The normalized spacial score (nSPS) is 10.8. The van der Waals surface area contributed by atoms with Crippen LogP contribution in [0.25, 0.3) is 22.3 Å². The van der Waals surface area contributed by atoms with E-state index in [-0.39, 0.29) is 0 Å². The van der Waals surface area contributed by atoms with Gasteiger partial charge in [0.2, 0.25) is 0 Å². The average molecular weight is 377 g/mol. The molecule has 0 amide bonds. The third-order valence-electron chi connectivity index (χ3n) is 4.19. The van der Waals surface area contributed by atoms with Crippen molar-refractivity contribution >= 4 is 34.0 Å². The molecule has 4 aromatic rings. The Morgan fingerprint density at radius 3 is 2.70 bits per heavy atom. The molecule has 0 bridgehead atoms. The van der Waals surface area contributed by atoms with Gasteiger partial charge in [-0.25, -0.2) is 9.97 Å². The maximum Gasteiger partial charge on any atom is 0.163 e. The number of hydrogen-bond acceptors (Lipinski definition) is 5. The van der Waals surface area contributed by atoms with Gasteiger partial charge in [-0.05, 0) is 55.0 Å². The van der Waals surface area contributed by atoms with E-state index in [0.717, 1.165) is 33.5 Å². The number of rotatable bonds is 4. The first-order chi connectivity index (χ1) is 13.1. The fourth-order valence-electron chi connectivity index (χ4n) is 2.87. The zero-order valence-electron chi connectivity index (χ0n) is 14.9. The predicted octanol–water partition coefficient (Wildman–Crippen LogP) is 5.41. The molecule has 4 rings (SSSR count). The van der Waals surface area contributed by atoms with Crippen LogP contribution < -0.4 is 10.1 Å². The van der Waals surface area contributed by atoms with Crippen LogP contribution >= 0.6 is 11.6 Å². The number of benzene rings is 2. The molecular weight excluding hydrogens is 360 g/mol. The molecule has 2 heterocycles. The van der Waals surface area contributed by atoms with E-state index >= 15 is 0 Å². The molecule has 1 N–H and O–H groups in total. The number of methoxy groups -OCH3 is 1. The highest BCUT2D eigenvalue weighted by Gasteiger charge is 2.12. The first-order valence-corrected chi connectivity index (χ1v) is 8.81. The van der Waals surface area contributed by atoms with Crippen molar-refractivity contribution in [3.63, 3.8) is 0 Å². The zero-order valence-corrected chi connectivity index (χ0v) is 15.7. The first-order valence-electron chi connectivity index (χ1n) is 8.43. The summed E-state index contributed by atoms with van der Waals surface area (Å²) in [7, 11) is 1.64. The van der Waals surface area contributed by atoms with E-state index in [9.17, 15) is 0 Å². The molecule has 0 atom stereocenters. The molecule has 27 heavy (non-hydrogen) atoms. The van der Waals surface area contributed by atoms with Crippen molar-refractivity contribution in [1.82, 2.24) is 15.0 Å². The number of halogens is 1. The number of hydrogen-bond donors (Lipinski definition) is 1. The maximum absolute atomic E-state index is 6.22. The van der Waals surface area contributed by atoms with Crippen LogP contribution in [0.1, 0.15) is 5.56 Å². The lowest BCUT2D eigenvalue weighted by atomic mass is 10.1. The quantitative estimate of drug-likeness (QED) is 0.516. The van der Waals surface area contributed by atoms with Gasteiger partial charge in [-0.1, -0.05) is 17.7 Å². The molecule has 0 radical (unpaired) electrons. The number of fused-ring (bicyclic) bond motifs is 1. The molecule has 0 fully saturated rings. The van der Waals surface area contributed by atoms with Crippen LogP contribution in [0.5, 0.6) is 5.75 Å². The van der Waals surface area contributed by atoms with Crippen molar-refractivity contribution in [2.24, 2.45) is 0 Å². The summed E-state index contributed by atoms with van der Waals surface area (Å²) in [6.07, 6.45) is 3.47. The average Bonchev–Trinajstić information content (AvgIpc) is 2.69. The zero-order chi connectivity index (χ0) is 18.8. The topological polar surface area (TPSA) is 59.9 Å². The third-order valence-corrected chi connectivity index (χ3v) is 4.42. The number of aryl methyl sites for hydroxylation is 1. The fraction of sp³-hybridized carbons (Fsp3) is 0.0952. The molecule has 2 aromatic heterocycles. The summed E-state index contributed by atoms with van der Waals surface area (Å²) in [4.78, 5) is 13.6. The van der Waals surface area contributed by atoms with E-state index in [1.807, 2.05) is 55.5 Å². The van der Waals surface area contributed by atoms with E-state index in [0.29, 0.717) is 16.7 Å². The van der Waals surface area contributed by atoms with Crippen molar-refractivity contribution in [1.29, 1.82) is 0 Å². The molecule has 0 spiro atoms. The third kappa shape index (κ3) is 3.55. The Kier molecular flexibility index (Phi) is 4.60. The Morgan fingerprint density at radius 1 is 1.04 bits per heavy atom. The van der Waals surface area contributed by atoms with E-state index in [4.69, 9.17) is 21.3 Å². The van der Waals surface area contributed by atoms with Gasteiger partial charge in [0, 0.05) is 28.4 Å². The SMILES string of the molecule is COc1ccc(C)cc1Nc1nc(-c2cccnc2)nc2ccc(Cl)cc12. The Hall–Kier alpha value is -3.18. The summed E-state index contributed by atoms with van der Waals surface area (Å²) in [5.74, 6) is 1.98. The van der Waals surface area contributed by atoms with Gasteiger partial charge in [0.1, 0.15) is 11.6 Å². The van der Waals surface area contributed by atoms with Crippen molar-refractivity contribution in [3.05, 3.63) is 71.5 Å². The van der Waals surface area contributed by atoms with E-state index < -0.39 is 0 Å². The second-order valence-corrected chi connectivity index (χ2v) is 6.56. The number of pyridine rings is 1. The Balaban J connectivity index is 1.90. The summed E-state index contributed by atoms with van der Waals surface area (Å²) >= 11 is 6.22. The minimum Gasteiger partial charge on any atom is -0.495 e. The van der Waals surface area contributed by atoms with Crippen LogP contribution in [-0.4, -0.2) is 22.1 Å². The minimum atomic E-state index is 0.590. The van der Waals surface area contributed by atoms with Crippen LogP contribution in [-0.2, 0) is 0 Å². The lowest BCUT2D eigenvalue weighted by Gasteiger charge is -2.14. The molecule has 0 saturated carbocycles. The molecular formula is C21H17ClN4O. The lowest BCUT2D eigenvalue weighted by Crippen LogP contribution is -2.01. The van der Waals surface area contributed by atoms with Gasteiger partial charge in [0.25, 0.3) is 0 Å². The second kappa shape index (κ2) is 7.21. The van der Waals surface area contributed by atoms with Crippen LogP contribution in [0.4, 0.5) is 11.5 Å². The fourth-order valence-corrected chi connectivity index (χ4v) is 3.04. The van der Waals surface area contributed by atoms with Gasteiger partial charge in [0.15, 0.2) is 5.82 Å². The summed E-state index contributed by atoms with van der Waals surface area (Å²) in [5.41, 5.74) is 3.58. The number of anilines is 2. The molecule has 0 aliphatic rings. The van der Waals surface area contributed by atoms with Crippen molar-refractivity contribution < 1.29 is 4.74 Å².